The van der Waals surface area contributed by atoms with Gasteiger partial charge in [-0.15, -0.1) is 0 Å². The maximum absolute atomic E-state index is 12.1. The van der Waals surface area contributed by atoms with Crippen LogP contribution < -0.4 is 10.1 Å². The van der Waals surface area contributed by atoms with Gasteiger partial charge in [-0.25, -0.2) is 8.42 Å². The fraction of sp³-hybridized carbons (Fsp3) is 0.600. The highest BCUT2D eigenvalue weighted by atomic mass is 79.9. The fourth-order valence-corrected chi connectivity index (χ4v) is 3.37. The van der Waals surface area contributed by atoms with Crippen molar-refractivity contribution in [2.45, 2.75) is 38.5 Å². The van der Waals surface area contributed by atoms with Crippen LogP contribution in [0, 0.1) is 0 Å². The van der Waals surface area contributed by atoms with Crippen molar-refractivity contribution in [1.29, 1.82) is 0 Å². The van der Waals surface area contributed by atoms with Crippen molar-refractivity contribution in [3.05, 3.63) is 28.2 Å². The summed E-state index contributed by atoms with van der Waals surface area (Å²) in [6.07, 6.45) is 1.28. The molecule has 1 unspecified atom stereocenters. The quantitative estimate of drug-likeness (QED) is 0.791. The molecule has 0 bridgehead atoms. The first-order valence-electron chi connectivity index (χ1n) is 7.00. The highest BCUT2D eigenvalue weighted by molar-refractivity contribution is 9.10. The van der Waals surface area contributed by atoms with Crippen LogP contribution in [-0.4, -0.2) is 32.6 Å². The normalized spacial score (nSPS) is 14.0. The molecule has 0 aromatic heterocycles. The van der Waals surface area contributed by atoms with Gasteiger partial charge in [-0.2, -0.15) is 0 Å². The standard InChI is InChI=1S/C15H24BrNO3S/c1-6-17-14(15(3,4)21(5,18)19)12-9-8-11(20-7-2)10-13(12)16/h8-10,14,17H,6-7H2,1-5H3. The predicted molar refractivity (Wildman–Crippen MR) is 90.7 cm³/mol. The number of hydrogen-bond acceptors (Lipinski definition) is 4. The van der Waals surface area contributed by atoms with Gasteiger partial charge in [-0.1, -0.05) is 28.9 Å². The van der Waals surface area contributed by atoms with Crippen molar-refractivity contribution in [3.8, 4) is 5.75 Å². The molecule has 0 fully saturated rings. The van der Waals surface area contributed by atoms with Crippen LogP contribution >= 0.6 is 15.9 Å². The molecule has 1 N–H and O–H groups in total. The van der Waals surface area contributed by atoms with Gasteiger partial charge in [0.2, 0.25) is 0 Å². The van der Waals surface area contributed by atoms with E-state index in [1.54, 1.807) is 13.8 Å². The Morgan fingerprint density at radius 2 is 1.95 bits per heavy atom. The van der Waals surface area contributed by atoms with E-state index in [4.69, 9.17) is 4.74 Å². The highest BCUT2D eigenvalue weighted by Crippen LogP contribution is 2.37. The molecule has 1 atom stereocenters. The molecule has 1 rings (SSSR count). The van der Waals surface area contributed by atoms with E-state index in [2.05, 4.69) is 21.2 Å². The lowest BCUT2D eigenvalue weighted by Crippen LogP contribution is -2.45. The molecule has 0 saturated heterocycles. The summed E-state index contributed by atoms with van der Waals surface area (Å²) in [5.74, 6) is 0.764. The van der Waals surface area contributed by atoms with Gasteiger partial charge >= 0.3 is 0 Å². The van der Waals surface area contributed by atoms with E-state index in [0.717, 1.165) is 15.8 Å². The highest BCUT2D eigenvalue weighted by Gasteiger charge is 2.40. The topological polar surface area (TPSA) is 55.4 Å². The first kappa shape index (κ1) is 18.5. The summed E-state index contributed by atoms with van der Waals surface area (Å²) in [4.78, 5) is 0. The third kappa shape index (κ3) is 4.20. The Labute approximate surface area is 136 Å². The Kier molecular flexibility index (Phi) is 6.25. The molecule has 0 aliphatic heterocycles. The number of nitrogens with one attached hydrogen (secondary N) is 1. The largest absolute Gasteiger partial charge is 0.494 e. The molecule has 0 saturated carbocycles. The molecule has 0 spiro atoms. The van der Waals surface area contributed by atoms with E-state index >= 15 is 0 Å². The van der Waals surface area contributed by atoms with Crippen molar-refractivity contribution in [2.75, 3.05) is 19.4 Å². The SMILES string of the molecule is CCNC(c1ccc(OCC)cc1Br)C(C)(C)S(C)(=O)=O. The van der Waals surface area contributed by atoms with Crippen LogP contribution in [-0.2, 0) is 9.84 Å². The minimum Gasteiger partial charge on any atom is -0.494 e. The zero-order chi connectivity index (χ0) is 16.3. The third-order valence-corrected chi connectivity index (χ3v) is 6.49. The summed E-state index contributed by atoms with van der Waals surface area (Å²) in [6.45, 7) is 8.67. The van der Waals surface area contributed by atoms with Crippen LogP contribution in [0.25, 0.3) is 0 Å². The third-order valence-electron chi connectivity index (χ3n) is 3.65. The van der Waals surface area contributed by atoms with Crippen LogP contribution in [0.3, 0.4) is 0 Å². The van der Waals surface area contributed by atoms with Gasteiger partial charge in [0.05, 0.1) is 17.4 Å². The Hall–Kier alpha value is -0.590. The summed E-state index contributed by atoms with van der Waals surface area (Å²) in [6, 6.07) is 5.35. The molecule has 6 heteroatoms. The second-order valence-corrected chi connectivity index (χ2v) is 8.93. The summed E-state index contributed by atoms with van der Waals surface area (Å²) < 4.78 is 29.7. The summed E-state index contributed by atoms with van der Waals surface area (Å²) in [5.41, 5.74) is 0.913. The lowest BCUT2D eigenvalue weighted by Gasteiger charge is -2.34. The predicted octanol–water partition coefficient (Wildman–Crippen LogP) is 3.32. The lowest BCUT2D eigenvalue weighted by molar-refractivity contribution is 0.339. The monoisotopic (exact) mass is 377 g/mol. The minimum atomic E-state index is -3.22. The van der Waals surface area contributed by atoms with E-state index in [9.17, 15) is 8.42 Å². The molecule has 1 aromatic carbocycles. The summed E-state index contributed by atoms with van der Waals surface area (Å²) >= 11 is 3.53. The number of benzene rings is 1. The number of rotatable bonds is 7. The second-order valence-electron chi connectivity index (χ2n) is 5.48. The molecular formula is C15H24BrNO3S. The number of ether oxygens (including phenoxy) is 1. The number of sulfone groups is 1. The summed E-state index contributed by atoms with van der Waals surface area (Å²) in [5, 5.41) is 3.29. The molecule has 4 nitrogen and oxygen atoms in total. The van der Waals surface area contributed by atoms with Crippen molar-refractivity contribution in [1.82, 2.24) is 5.32 Å². The second kappa shape index (κ2) is 7.11. The van der Waals surface area contributed by atoms with Gasteiger partial charge in [0.15, 0.2) is 9.84 Å². The van der Waals surface area contributed by atoms with Crippen molar-refractivity contribution in [2.24, 2.45) is 0 Å². The van der Waals surface area contributed by atoms with Crippen molar-refractivity contribution < 1.29 is 13.2 Å². The molecule has 0 radical (unpaired) electrons. The molecule has 21 heavy (non-hydrogen) atoms. The number of halogens is 1. The van der Waals surface area contributed by atoms with Crippen molar-refractivity contribution in [3.63, 3.8) is 0 Å². The van der Waals surface area contributed by atoms with E-state index < -0.39 is 14.6 Å². The van der Waals surface area contributed by atoms with Crippen LogP contribution in [0.1, 0.15) is 39.3 Å². The molecular weight excluding hydrogens is 354 g/mol. The Morgan fingerprint density at radius 1 is 1.33 bits per heavy atom. The van der Waals surface area contributed by atoms with Gasteiger partial charge in [-0.05, 0) is 45.0 Å². The minimum absolute atomic E-state index is 0.303. The van der Waals surface area contributed by atoms with Gasteiger partial charge in [0.1, 0.15) is 5.75 Å². The molecule has 0 aliphatic carbocycles. The Balaban J connectivity index is 3.30. The van der Waals surface area contributed by atoms with E-state index in [-0.39, 0.29) is 6.04 Å². The smallest absolute Gasteiger partial charge is 0.154 e. The van der Waals surface area contributed by atoms with Gasteiger partial charge in [-0.3, -0.25) is 0 Å². The molecule has 0 aliphatic rings. The average molecular weight is 378 g/mol. The molecule has 120 valence electrons. The zero-order valence-electron chi connectivity index (χ0n) is 13.2. The van der Waals surface area contributed by atoms with Gasteiger partial charge in [0, 0.05) is 10.7 Å². The Morgan fingerprint density at radius 3 is 2.38 bits per heavy atom. The van der Waals surface area contributed by atoms with E-state index in [1.807, 2.05) is 32.0 Å². The lowest BCUT2D eigenvalue weighted by atomic mass is 9.95. The first-order chi connectivity index (χ1) is 9.65. The van der Waals surface area contributed by atoms with Crippen LogP contribution in [0.4, 0.5) is 0 Å². The van der Waals surface area contributed by atoms with Gasteiger partial charge < -0.3 is 10.1 Å². The molecule has 0 amide bonds. The molecule has 1 aromatic rings. The molecule has 0 heterocycles. The van der Waals surface area contributed by atoms with Crippen LogP contribution in [0.15, 0.2) is 22.7 Å². The van der Waals surface area contributed by atoms with Crippen LogP contribution in [0.2, 0.25) is 0 Å². The zero-order valence-corrected chi connectivity index (χ0v) is 15.6. The van der Waals surface area contributed by atoms with Crippen molar-refractivity contribution >= 4 is 25.8 Å². The maximum atomic E-state index is 12.1. The Bertz CT molecular complexity index is 585. The average Bonchev–Trinajstić information content (AvgIpc) is 2.36. The maximum Gasteiger partial charge on any atom is 0.154 e. The van der Waals surface area contributed by atoms with E-state index in [0.29, 0.717) is 13.2 Å². The fourth-order valence-electron chi connectivity index (χ4n) is 2.15. The first-order valence-corrected chi connectivity index (χ1v) is 9.68. The summed E-state index contributed by atoms with van der Waals surface area (Å²) in [7, 11) is -3.22. The van der Waals surface area contributed by atoms with Gasteiger partial charge in [0.25, 0.3) is 0 Å². The number of hydrogen-bond donors (Lipinski definition) is 1. The van der Waals surface area contributed by atoms with E-state index in [1.165, 1.54) is 6.26 Å². The van der Waals surface area contributed by atoms with Crippen LogP contribution in [0.5, 0.6) is 5.75 Å².